The second-order valence-corrected chi connectivity index (χ2v) is 6.69. The number of aromatic nitrogens is 2. The van der Waals surface area contributed by atoms with Crippen molar-refractivity contribution in [2.45, 2.75) is 44.2 Å². The average molecular weight is 275 g/mol. The van der Waals surface area contributed by atoms with E-state index >= 15 is 0 Å². The molecule has 1 atom stereocenters. The molecule has 0 bridgehead atoms. The Morgan fingerprint density at radius 3 is 2.44 bits per heavy atom. The van der Waals surface area contributed by atoms with Crippen LogP contribution < -0.4 is 4.72 Å². The topological polar surface area (TPSA) is 101 Å². The van der Waals surface area contributed by atoms with Crippen molar-refractivity contribution in [1.82, 2.24) is 14.5 Å². The van der Waals surface area contributed by atoms with Gasteiger partial charge in [-0.25, -0.2) is 8.42 Å². The van der Waals surface area contributed by atoms with E-state index in [-0.39, 0.29) is 10.4 Å². The summed E-state index contributed by atoms with van der Waals surface area (Å²) in [4.78, 5) is 10.6. The summed E-state index contributed by atoms with van der Waals surface area (Å²) < 4.78 is 27.3. The molecule has 0 saturated heterocycles. The summed E-state index contributed by atoms with van der Waals surface area (Å²) in [7, 11) is -3.86. The summed E-state index contributed by atoms with van der Waals surface area (Å²) in [5.74, 6) is -1.23. The summed E-state index contributed by atoms with van der Waals surface area (Å²) >= 11 is 0. The number of hydrogen-bond donors (Lipinski definition) is 2. The van der Waals surface area contributed by atoms with Crippen LogP contribution >= 0.6 is 0 Å². The Hall–Kier alpha value is -1.41. The van der Waals surface area contributed by atoms with Crippen LogP contribution in [0.25, 0.3) is 0 Å². The smallest absolute Gasteiger partial charge is 0.321 e. The van der Waals surface area contributed by atoms with E-state index in [1.54, 1.807) is 0 Å². The number of carboxylic acid groups (broad SMARTS) is 1. The van der Waals surface area contributed by atoms with Crippen LogP contribution in [0.4, 0.5) is 0 Å². The molecule has 0 saturated carbocycles. The van der Waals surface area contributed by atoms with E-state index in [4.69, 9.17) is 5.11 Å². The van der Waals surface area contributed by atoms with Gasteiger partial charge in [-0.15, -0.1) is 0 Å². The van der Waals surface area contributed by atoms with Crippen LogP contribution in [-0.2, 0) is 20.4 Å². The number of rotatable bonds is 4. The molecule has 2 N–H and O–H groups in total. The van der Waals surface area contributed by atoms with Crippen LogP contribution in [0.1, 0.15) is 27.7 Å². The van der Waals surface area contributed by atoms with Crippen LogP contribution in [0.3, 0.4) is 0 Å². The molecule has 0 radical (unpaired) electrons. The Labute approximate surface area is 106 Å². The van der Waals surface area contributed by atoms with Crippen molar-refractivity contribution in [3.63, 3.8) is 0 Å². The van der Waals surface area contributed by atoms with Gasteiger partial charge in [0.2, 0.25) is 10.0 Å². The minimum atomic E-state index is -3.86. The molecule has 18 heavy (non-hydrogen) atoms. The van der Waals surface area contributed by atoms with Gasteiger partial charge < -0.3 is 5.11 Å². The Morgan fingerprint density at radius 1 is 1.50 bits per heavy atom. The van der Waals surface area contributed by atoms with Crippen molar-refractivity contribution in [3.8, 4) is 0 Å². The lowest BCUT2D eigenvalue weighted by atomic mass is 10.1. The fraction of sp³-hybridized carbons (Fsp3) is 0.600. The predicted molar refractivity (Wildman–Crippen MR) is 64.6 cm³/mol. The summed E-state index contributed by atoms with van der Waals surface area (Å²) in [5.41, 5.74) is -0.341. The van der Waals surface area contributed by atoms with Crippen molar-refractivity contribution in [3.05, 3.63) is 12.4 Å². The maximum atomic E-state index is 11.9. The molecule has 0 fully saturated rings. The zero-order chi connectivity index (χ0) is 14.1. The molecule has 1 heterocycles. The van der Waals surface area contributed by atoms with Gasteiger partial charge in [0.25, 0.3) is 0 Å². The Bertz CT molecular complexity index is 542. The highest BCUT2D eigenvalue weighted by Gasteiger charge is 2.24. The normalized spacial score (nSPS) is 14.4. The zero-order valence-corrected chi connectivity index (χ0v) is 11.5. The van der Waals surface area contributed by atoms with E-state index in [0.717, 1.165) is 0 Å². The first-order chi connectivity index (χ1) is 8.04. The minimum Gasteiger partial charge on any atom is -0.480 e. The molecule has 8 heteroatoms. The number of carboxylic acids is 1. The maximum Gasteiger partial charge on any atom is 0.321 e. The molecule has 0 amide bonds. The standard InChI is InChI=1S/C10H17N3O4S/c1-7(9(14)15)12-18(16,17)8-5-11-13(6-8)10(2,3)4/h5-7,12H,1-4H3,(H,14,15)/t7-/m0/s1. The first-order valence-electron chi connectivity index (χ1n) is 5.34. The van der Waals surface area contributed by atoms with Crippen LogP contribution in [0.15, 0.2) is 17.3 Å². The third-order valence-corrected chi connectivity index (χ3v) is 3.75. The van der Waals surface area contributed by atoms with E-state index in [0.29, 0.717) is 0 Å². The van der Waals surface area contributed by atoms with Gasteiger partial charge >= 0.3 is 5.97 Å². The van der Waals surface area contributed by atoms with Gasteiger partial charge in [0, 0.05) is 6.20 Å². The molecule has 0 unspecified atom stereocenters. The summed E-state index contributed by atoms with van der Waals surface area (Å²) in [6.07, 6.45) is 2.57. The van der Waals surface area contributed by atoms with E-state index < -0.39 is 22.0 Å². The largest absolute Gasteiger partial charge is 0.480 e. The zero-order valence-electron chi connectivity index (χ0n) is 10.7. The maximum absolute atomic E-state index is 11.9. The first-order valence-corrected chi connectivity index (χ1v) is 6.82. The Balaban J connectivity index is 3.00. The molecule has 0 aliphatic carbocycles. The van der Waals surface area contributed by atoms with Crippen molar-refractivity contribution >= 4 is 16.0 Å². The molecule has 1 aromatic rings. The summed E-state index contributed by atoms with van der Waals surface area (Å²) in [5, 5.41) is 12.6. The SMILES string of the molecule is C[C@H](NS(=O)(=O)c1cnn(C(C)(C)C)c1)C(=O)O. The molecule has 0 spiro atoms. The van der Waals surface area contributed by atoms with Crippen LogP contribution in [0, 0.1) is 0 Å². The lowest BCUT2D eigenvalue weighted by Gasteiger charge is -2.18. The predicted octanol–water partition coefficient (Wildman–Crippen LogP) is 0.389. The van der Waals surface area contributed by atoms with Crippen molar-refractivity contribution in [1.29, 1.82) is 0 Å². The van der Waals surface area contributed by atoms with Gasteiger partial charge in [-0.3, -0.25) is 9.48 Å². The fourth-order valence-electron chi connectivity index (χ4n) is 1.16. The van der Waals surface area contributed by atoms with E-state index in [2.05, 4.69) is 9.82 Å². The van der Waals surface area contributed by atoms with Gasteiger partial charge in [-0.05, 0) is 27.7 Å². The summed E-state index contributed by atoms with van der Waals surface area (Å²) in [6.45, 7) is 6.89. The second kappa shape index (κ2) is 4.69. The van der Waals surface area contributed by atoms with Gasteiger partial charge in [-0.1, -0.05) is 0 Å². The number of hydrogen-bond acceptors (Lipinski definition) is 4. The van der Waals surface area contributed by atoms with Crippen molar-refractivity contribution < 1.29 is 18.3 Å². The van der Waals surface area contributed by atoms with Gasteiger partial charge in [0.05, 0.1) is 11.7 Å². The van der Waals surface area contributed by atoms with Crippen molar-refractivity contribution in [2.75, 3.05) is 0 Å². The molecule has 1 aromatic heterocycles. The molecule has 0 aliphatic rings. The monoisotopic (exact) mass is 275 g/mol. The second-order valence-electron chi connectivity index (χ2n) is 4.97. The quantitative estimate of drug-likeness (QED) is 0.827. The van der Waals surface area contributed by atoms with Gasteiger partial charge in [-0.2, -0.15) is 9.82 Å². The Kier molecular flexibility index (Phi) is 3.82. The lowest BCUT2D eigenvalue weighted by Crippen LogP contribution is -2.38. The molecule has 7 nitrogen and oxygen atoms in total. The first kappa shape index (κ1) is 14.7. The van der Waals surface area contributed by atoms with Crippen LogP contribution in [0.2, 0.25) is 0 Å². The molecule has 0 aliphatic heterocycles. The number of carbonyl (C=O) groups is 1. The van der Waals surface area contributed by atoms with Gasteiger partial charge in [0.15, 0.2) is 0 Å². The molecular weight excluding hydrogens is 258 g/mol. The highest BCUT2D eigenvalue weighted by Crippen LogP contribution is 2.16. The number of nitrogens with zero attached hydrogens (tertiary/aromatic N) is 2. The molecule has 1 rings (SSSR count). The molecule has 102 valence electrons. The highest BCUT2D eigenvalue weighted by atomic mass is 32.2. The van der Waals surface area contributed by atoms with Gasteiger partial charge in [0.1, 0.15) is 10.9 Å². The average Bonchev–Trinajstić information content (AvgIpc) is 2.64. The lowest BCUT2D eigenvalue weighted by molar-refractivity contribution is -0.138. The Morgan fingerprint density at radius 2 is 2.06 bits per heavy atom. The third kappa shape index (κ3) is 3.30. The van der Waals surface area contributed by atoms with E-state index in [1.807, 2.05) is 20.8 Å². The van der Waals surface area contributed by atoms with E-state index in [9.17, 15) is 13.2 Å². The van der Waals surface area contributed by atoms with E-state index in [1.165, 1.54) is 24.0 Å². The number of aliphatic carboxylic acids is 1. The summed E-state index contributed by atoms with van der Waals surface area (Å²) in [6, 6.07) is -1.19. The van der Waals surface area contributed by atoms with Crippen LogP contribution in [-0.4, -0.2) is 35.3 Å². The minimum absolute atomic E-state index is 0.0504. The third-order valence-electron chi connectivity index (χ3n) is 2.26. The number of sulfonamides is 1. The molecule has 0 aromatic carbocycles. The fourth-order valence-corrected chi connectivity index (χ4v) is 2.29. The van der Waals surface area contributed by atoms with Crippen molar-refractivity contribution in [2.24, 2.45) is 0 Å². The number of nitrogens with one attached hydrogen (secondary N) is 1. The highest BCUT2D eigenvalue weighted by molar-refractivity contribution is 7.89. The van der Waals surface area contributed by atoms with Crippen LogP contribution in [0.5, 0.6) is 0 Å². The molecular formula is C10H17N3O4S.